The van der Waals surface area contributed by atoms with Gasteiger partial charge in [-0.25, -0.2) is 4.39 Å². The molecule has 1 atom stereocenters. The van der Waals surface area contributed by atoms with Crippen molar-refractivity contribution in [3.8, 4) is 0 Å². The minimum Gasteiger partial charge on any atom is -0.385 e. The summed E-state index contributed by atoms with van der Waals surface area (Å²) < 4.78 is 14.1. The maximum Gasteiger partial charge on any atom is 0.129 e. The molecule has 0 bridgehead atoms. The molecular weight excluding hydrogens is 253 g/mol. The van der Waals surface area contributed by atoms with Crippen molar-refractivity contribution in [3.63, 3.8) is 0 Å². The van der Waals surface area contributed by atoms with Gasteiger partial charge in [-0.15, -0.1) is 0 Å². The van der Waals surface area contributed by atoms with Crippen molar-refractivity contribution in [2.45, 2.75) is 52.1 Å². The van der Waals surface area contributed by atoms with Gasteiger partial charge >= 0.3 is 0 Å². The average Bonchev–Trinajstić information content (AvgIpc) is 2.39. The first-order valence-corrected chi connectivity index (χ1v) is 7.42. The third kappa shape index (κ3) is 2.49. The van der Waals surface area contributed by atoms with E-state index in [1.807, 2.05) is 0 Å². The Labute approximate surface area is 121 Å². The first-order valence-electron chi connectivity index (χ1n) is 7.42. The van der Waals surface area contributed by atoms with Crippen molar-refractivity contribution < 1.29 is 9.50 Å². The second-order valence-corrected chi connectivity index (χ2v) is 7.20. The summed E-state index contributed by atoms with van der Waals surface area (Å²) in [5.41, 5.74) is 4.99. The van der Waals surface area contributed by atoms with E-state index in [0.717, 1.165) is 25.7 Å². The van der Waals surface area contributed by atoms with Crippen molar-refractivity contribution in [3.05, 3.63) is 35.6 Å². The largest absolute Gasteiger partial charge is 0.385 e. The van der Waals surface area contributed by atoms with Gasteiger partial charge in [-0.2, -0.15) is 0 Å². The van der Waals surface area contributed by atoms with Gasteiger partial charge in [0.2, 0.25) is 0 Å². The summed E-state index contributed by atoms with van der Waals surface area (Å²) >= 11 is 0. The van der Waals surface area contributed by atoms with Crippen LogP contribution < -0.4 is 5.73 Å². The minimum atomic E-state index is -1.23. The van der Waals surface area contributed by atoms with Gasteiger partial charge in [0.15, 0.2) is 0 Å². The van der Waals surface area contributed by atoms with Crippen LogP contribution in [0.4, 0.5) is 4.39 Å². The third-order valence-electron chi connectivity index (χ3n) is 5.38. The lowest BCUT2D eigenvalue weighted by atomic mass is 9.57. The van der Waals surface area contributed by atoms with E-state index in [9.17, 15) is 9.50 Å². The molecule has 2 rings (SSSR count). The molecule has 0 heterocycles. The van der Waals surface area contributed by atoms with Gasteiger partial charge in [0, 0.05) is 17.5 Å². The van der Waals surface area contributed by atoms with E-state index in [1.165, 1.54) is 6.07 Å². The third-order valence-corrected chi connectivity index (χ3v) is 5.38. The highest BCUT2D eigenvalue weighted by atomic mass is 19.1. The molecule has 2 nitrogen and oxygen atoms in total. The first kappa shape index (κ1) is 15.5. The Hall–Kier alpha value is -0.930. The van der Waals surface area contributed by atoms with Gasteiger partial charge in [0.1, 0.15) is 5.82 Å². The van der Waals surface area contributed by atoms with Crippen molar-refractivity contribution in [1.82, 2.24) is 0 Å². The molecule has 3 N–H and O–H groups in total. The first-order chi connectivity index (χ1) is 9.24. The zero-order valence-corrected chi connectivity index (χ0v) is 12.7. The van der Waals surface area contributed by atoms with Crippen LogP contribution in [0.2, 0.25) is 0 Å². The van der Waals surface area contributed by atoms with E-state index >= 15 is 0 Å². The zero-order valence-electron chi connectivity index (χ0n) is 12.7. The molecule has 1 aliphatic carbocycles. The maximum atomic E-state index is 14.1. The van der Waals surface area contributed by atoms with Gasteiger partial charge < -0.3 is 10.8 Å². The topological polar surface area (TPSA) is 46.2 Å². The highest BCUT2D eigenvalue weighted by Crippen LogP contribution is 2.53. The molecule has 0 spiro atoms. The molecule has 1 aromatic carbocycles. The summed E-state index contributed by atoms with van der Waals surface area (Å²) in [6, 6.07) is 6.49. The number of benzene rings is 1. The van der Waals surface area contributed by atoms with Crippen LogP contribution in [0.1, 0.15) is 52.0 Å². The van der Waals surface area contributed by atoms with E-state index in [1.54, 1.807) is 25.1 Å². The summed E-state index contributed by atoms with van der Waals surface area (Å²) in [5.74, 6) is -0.352. The quantitative estimate of drug-likeness (QED) is 0.888. The van der Waals surface area contributed by atoms with Gasteiger partial charge in [-0.05, 0) is 44.1 Å². The Balaban J connectivity index is 2.38. The predicted octanol–water partition coefficient (Wildman–Crippen LogP) is 3.58. The van der Waals surface area contributed by atoms with Gasteiger partial charge in [0.25, 0.3) is 0 Å². The van der Waals surface area contributed by atoms with Crippen molar-refractivity contribution in [2.75, 3.05) is 6.54 Å². The number of aliphatic hydroxyl groups is 1. The van der Waals surface area contributed by atoms with Crippen LogP contribution in [0.15, 0.2) is 24.3 Å². The standard InChI is InChI=1S/C17H26FNO/c1-15(2)8-10-17(12-19,11-9-15)16(3,20)13-6-4-5-7-14(13)18/h4-7,20H,8-12,19H2,1-3H3. The number of halogens is 1. The Morgan fingerprint density at radius 1 is 1.20 bits per heavy atom. The van der Waals surface area contributed by atoms with Gasteiger partial charge in [-0.3, -0.25) is 0 Å². The Morgan fingerprint density at radius 2 is 1.75 bits per heavy atom. The van der Waals surface area contributed by atoms with Crippen LogP contribution in [0.3, 0.4) is 0 Å². The molecule has 112 valence electrons. The van der Waals surface area contributed by atoms with Crippen LogP contribution in [-0.2, 0) is 5.60 Å². The Morgan fingerprint density at radius 3 is 2.25 bits per heavy atom. The Kier molecular flexibility index (Phi) is 3.96. The molecule has 1 saturated carbocycles. The Bertz CT molecular complexity index is 472. The number of hydrogen-bond donors (Lipinski definition) is 2. The molecule has 20 heavy (non-hydrogen) atoms. The molecule has 3 heteroatoms. The normalized spacial score (nSPS) is 24.1. The molecule has 0 aromatic heterocycles. The molecule has 0 aliphatic heterocycles. The van der Waals surface area contributed by atoms with E-state index in [-0.39, 0.29) is 11.2 Å². The molecule has 1 fully saturated rings. The second-order valence-electron chi connectivity index (χ2n) is 7.20. The fourth-order valence-electron chi connectivity index (χ4n) is 3.44. The monoisotopic (exact) mass is 279 g/mol. The molecule has 1 aliphatic rings. The summed E-state index contributed by atoms with van der Waals surface area (Å²) in [5, 5.41) is 11.1. The van der Waals surface area contributed by atoms with E-state index in [0.29, 0.717) is 12.1 Å². The zero-order chi connectivity index (χ0) is 15.0. The SMILES string of the molecule is CC1(C)CCC(CN)(C(C)(O)c2ccccc2F)CC1. The van der Waals surface area contributed by atoms with E-state index in [4.69, 9.17) is 5.73 Å². The van der Waals surface area contributed by atoms with E-state index < -0.39 is 11.0 Å². The number of nitrogens with two attached hydrogens (primary N) is 1. The highest BCUT2D eigenvalue weighted by Gasteiger charge is 2.51. The van der Waals surface area contributed by atoms with Crippen LogP contribution in [0, 0.1) is 16.6 Å². The molecule has 0 amide bonds. The fraction of sp³-hybridized carbons (Fsp3) is 0.647. The van der Waals surface area contributed by atoms with Gasteiger partial charge in [0.05, 0.1) is 5.60 Å². The van der Waals surface area contributed by atoms with Crippen LogP contribution >= 0.6 is 0 Å². The summed E-state index contributed by atoms with van der Waals surface area (Å²) in [7, 11) is 0. The summed E-state index contributed by atoms with van der Waals surface area (Å²) in [6.45, 7) is 6.58. The number of hydrogen-bond acceptors (Lipinski definition) is 2. The van der Waals surface area contributed by atoms with E-state index in [2.05, 4.69) is 13.8 Å². The lowest BCUT2D eigenvalue weighted by Gasteiger charge is -2.51. The molecule has 1 unspecified atom stereocenters. The number of rotatable bonds is 3. The molecule has 0 saturated heterocycles. The van der Waals surface area contributed by atoms with Crippen molar-refractivity contribution >= 4 is 0 Å². The molecular formula is C17H26FNO. The van der Waals surface area contributed by atoms with Crippen molar-refractivity contribution in [1.29, 1.82) is 0 Å². The van der Waals surface area contributed by atoms with Crippen LogP contribution in [0.25, 0.3) is 0 Å². The lowest BCUT2D eigenvalue weighted by molar-refractivity contribution is -0.107. The van der Waals surface area contributed by atoms with Crippen LogP contribution in [0.5, 0.6) is 0 Å². The summed E-state index contributed by atoms with van der Waals surface area (Å²) in [4.78, 5) is 0. The molecule has 0 radical (unpaired) electrons. The smallest absolute Gasteiger partial charge is 0.129 e. The lowest BCUT2D eigenvalue weighted by Crippen LogP contribution is -2.51. The van der Waals surface area contributed by atoms with Crippen LogP contribution in [-0.4, -0.2) is 11.7 Å². The average molecular weight is 279 g/mol. The second kappa shape index (κ2) is 5.12. The molecule has 1 aromatic rings. The minimum absolute atomic E-state index is 0.282. The predicted molar refractivity (Wildman–Crippen MR) is 79.7 cm³/mol. The fourth-order valence-corrected chi connectivity index (χ4v) is 3.44. The van der Waals surface area contributed by atoms with Gasteiger partial charge in [-0.1, -0.05) is 32.0 Å². The summed E-state index contributed by atoms with van der Waals surface area (Å²) in [6.07, 6.45) is 3.68. The van der Waals surface area contributed by atoms with Crippen molar-refractivity contribution in [2.24, 2.45) is 16.6 Å². The highest BCUT2D eigenvalue weighted by molar-refractivity contribution is 5.27. The maximum absolute atomic E-state index is 14.1.